The molecule has 1 aromatic heterocycles. The lowest BCUT2D eigenvalue weighted by atomic mass is 10.1. The summed E-state index contributed by atoms with van der Waals surface area (Å²) in [6, 6.07) is 2.34. The first kappa shape index (κ1) is 35.1. The van der Waals surface area contributed by atoms with Gasteiger partial charge in [0.05, 0.1) is 18.7 Å². The summed E-state index contributed by atoms with van der Waals surface area (Å²) in [5.41, 5.74) is 4.01. The molecule has 244 valence electrons. The van der Waals surface area contributed by atoms with Crippen LogP contribution in [0.25, 0.3) is 0 Å². The maximum Gasteiger partial charge on any atom is 0.407 e. The number of amides is 2. The average Bonchev–Trinajstić information content (AvgIpc) is 3.69. The fraction of sp³-hybridized carbons (Fsp3) is 0.667. The molecule has 1 aliphatic heterocycles. The van der Waals surface area contributed by atoms with Gasteiger partial charge in [0.15, 0.2) is 5.66 Å². The van der Waals surface area contributed by atoms with Crippen molar-refractivity contribution in [1.82, 2.24) is 10.6 Å². The molecule has 0 spiro atoms. The number of aliphatic imine (C=N–C) groups is 1. The normalized spacial score (nSPS) is 19.1. The van der Waals surface area contributed by atoms with Crippen LogP contribution in [0.15, 0.2) is 31.5 Å². The van der Waals surface area contributed by atoms with Gasteiger partial charge in [0.1, 0.15) is 27.9 Å². The molecule has 2 heterocycles. The van der Waals surface area contributed by atoms with Crippen LogP contribution in [0.2, 0.25) is 0 Å². The number of rotatable bonds is 16. The fourth-order valence-electron chi connectivity index (χ4n) is 4.09. The Balaban J connectivity index is 1.48. The Kier molecular flexibility index (Phi) is 12.8. The van der Waals surface area contributed by atoms with E-state index in [4.69, 9.17) is 24.5 Å². The molecule has 4 N–H and O–H groups in total. The third-order valence-corrected chi connectivity index (χ3v) is 7.86. The summed E-state index contributed by atoms with van der Waals surface area (Å²) in [7, 11) is 0. The molecule has 0 aromatic carbocycles. The van der Waals surface area contributed by atoms with Crippen LogP contribution in [0.5, 0.6) is 5.75 Å². The van der Waals surface area contributed by atoms with Gasteiger partial charge in [-0.1, -0.05) is 24.9 Å². The third kappa shape index (κ3) is 11.9. The van der Waals surface area contributed by atoms with Gasteiger partial charge in [0, 0.05) is 24.8 Å². The van der Waals surface area contributed by atoms with Crippen LogP contribution in [0.3, 0.4) is 0 Å². The van der Waals surface area contributed by atoms with E-state index in [0.29, 0.717) is 73.4 Å². The summed E-state index contributed by atoms with van der Waals surface area (Å²) < 4.78 is 16.3. The minimum Gasteiger partial charge on any atom is -0.493 e. The first-order chi connectivity index (χ1) is 20.8. The van der Waals surface area contributed by atoms with Gasteiger partial charge in [-0.15, -0.1) is 11.8 Å². The van der Waals surface area contributed by atoms with Crippen molar-refractivity contribution < 1.29 is 33.1 Å². The van der Waals surface area contributed by atoms with Crippen molar-refractivity contribution in [2.75, 3.05) is 18.9 Å². The molecule has 2 aliphatic rings. The van der Waals surface area contributed by atoms with E-state index in [-0.39, 0.29) is 12.2 Å². The van der Waals surface area contributed by atoms with Gasteiger partial charge in [-0.3, -0.25) is 10.5 Å². The molecule has 1 fully saturated rings. The highest BCUT2D eigenvalue weighted by Gasteiger charge is 2.41. The lowest BCUT2D eigenvalue weighted by Crippen LogP contribution is -2.54. The Bertz CT molecular complexity index is 1290. The number of ether oxygens (including phenoxy) is 2. The van der Waals surface area contributed by atoms with Gasteiger partial charge < -0.3 is 29.4 Å². The predicted octanol–water partition coefficient (Wildman–Crippen LogP) is 4.19. The Hall–Kier alpha value is -3.39. The van der Waals surface area contributed by atoms with Crippen molar-refractivity contribution in [3.63, 3.8) is 0 Å². The molecule has 3 rings (SSSR count). The van der Waals surface area contributed by atoms with Gasteiger partial charge in [0.2, 0.25) is 0 Å². The van der Waals surface area contributed by atoms with E-state index in [1.807, 2.05) is 6.92 Å². The van der Waals surface area contributed by atoms with Crippen LogP contribution >= 0.6 is 11.8 Å². The number of hydrogen-bond acceptors (Lipinski definition) is 12. The van der Waals surface area contributed by atoms with Crippen molar-refractivity contribution in [2.45, 2.75) is 103 Å². The number of nitrogens with one attached hydrogen (secondary N) is 2. The van der Waals surface area contributed by atoms with E-state index in [1.165, 1.54) is 17.8 Å². The maximum absolute atomic E-state index is 13.3. The molecule has 0 bridgehead atoms. The highest BCUT2D eigenvalue weighted by atomic mass is 32.2. The van der Waals surface area contributed by atoms with Crippen LogP contribution in [0.4, 0.5) is 4.79 Å². The van der Waals surface area contributed by atoms with Crippen LogP contribution < -0.4 is 26.7 Å². The second-order valence-corrected chi connectivity index (χ2v) is 13.1. The van der Waals surface area contributed by atoms with Crippen LogP contribution in [0, 0.1) is 5.92 Å². The van der Waals surface area contributed by atoms with Gasteiger partial charge in [-0.25, -0.2) is 19.4 Å². The molecule has 1 aliphatic carbocycles. The zero-order valence-corrected chi connectivity index (χ0v) is 27.1. The van der Waals surface area contributed by atoms with Crippen molar-refractivity contribution in [1.29, 1.82) is 0 Å². The van der Waals surface area contributed by atoms with Gasteiger partial charge in [-0.2, -0.15) is 0 Å². The smallest absolute Gasteiger partial charge is 0.407 e. The molecule has 0 radical (unpaired) electrons. The Labute approximate surface area is 262 Å². The topological polar surface area (TPSA) is 184 Å². The first-order valence-electron chi connectivity index (χ1n) is 15.1. The summed E-state index contributed by atoms with van der Waals surface area (Å²) in [5.74, 6) is 0.339. The zero-order valence-electron chi connectivity index (χ0n) is 26.2. The van der Waals surface area contributed by atoms with E-state index in [9.17, 15) is 19.2 Å². The van der Waals surface area contributed by atoms with Gasteiger partial charge >= 0.3 is 17.7 Å². The molecular formula is C30H45N5O8S. The summed E-state index contributed by atoms with van der Waals surface area (Å²) in [6.45, 7) is 9.94. The van der Waals surface area contributed by atoms with Crippen LogP contribution in [0.1, 0.15) is 97.8 Å². The predicted molar refractivity (Wildman–Crippen MR) is 168 cm³/mol. The lowest BCUT2D eigenvalue weighted by Gasteiger charge is -2.24. The number of nitrogens with zero attached hydrogens (tertiary/aromatic N) is 2. The second-order valence-electron chi connectivity index (χ2n) is 12.1. The van der Waals surface area contributed by atoms with E-state index in [0.717, 1.165) is 12.8 Å². The van der Waals surface area contributed by atoms with Crippen LogP contribution in [-0.4, -0.2) is 58.9 Å². The number of carbonyl (C=O) groups is 3. The highest BCUT2D eigenvalue weighted by molar-refractivity contribution is 8.16. The molecule has 13 nitrogen and oxygen atoms in total. The molecule has 44 heavy (non-hydrogen) atoms. The third-order valence-electron chi connectivity index (χ3n) is 6.61. The first-order valence-corrected chi connectivity index (χ1v) is 16.1. The minimum absolute atomic E-state index is 0.152. The SMILES string of the molecule is CCC[C@@H](NC(=O)[C@]1(N)CSC(/C(C)=N/OC(=O)CCCCCNC(=O)OC(C)(C)C)=N1)c1cc(OCC2CC2)cc(=O)o1. The van der Waals surface area contributed by atoms with Crippen LogP contribution in [-0.2, 0) is 19.2 Å². The van der Waals surface area contributed by atoms with Crippen molar-refractivity contribution in [3.8, 4) is 5.75 Å². The standard InChI is InChI=1S/C30H45N5O8S/c1-6-10-22(23-15-21(16-25(37)41-23)40-17-20-12-13-20)33-27(38)30(31)18-44-26(34-30)19(2)35-43-24(36)11-8-7-9-14-32-28(39)42-29(3,4)5/h15-16,20,22H,6-14,17-18,31H2,1-5H3,(H,32,39)(H,33,38)/b35-19+/t22-,30+/m1/s1. The molecule has 1 aromatic rings. The average molecular weight is 636 g/mol. The van der Waals surface area contributed by atoms with Crippen molar-refractivity contribution >= 4 is 40.5 Å². The molecule has 2 amide bonds. The molecule has 0 unspecified atom stereocenters. The highest BCUT2D eigenvalue weighted by Crippen LogP contribution is 2.31. The lowest BCUT2D eigenvalue weighted by molar-refractivity contribution is -0.143. The summed E-state index contributed by atoms with van der Waals surface area (Å²) >= 11 is 1.23. The van der Waals surface area contributed by atoms with E-state index >= 15 is 0 Å². The quantitative estimate of drug-likeness (QED) is 0.103. The number of alkyl carbamates (subject to hydrolysis) is 1. The minimum atomic E-state index is -1.58. The second kappa shape index (κ2) is 16.1. The summed E-state index contributed by atoms with van der Waals surface area (Å²) in [4.78, 5) is 58.7. The van der Waals surface area contributed by atoms with Gasteiger partial charge in [0.25, 0.3) is 5.91 Å². The largest absolute Gasteiger partial charge is 0.493 e. The number of unbranched alkanes of at least 4 members (excludes halogenated alkanes) is 2. The number of oxime groups is 1. The molecule has 1 saturated carbocycles. The Morgan fingerprint density at radius 3 is 2.66 bits per heavy atom. The summed E-state index contributed by atoms with van der Waals surface area (Å²) in [6.07, 6.45) is 5.11. The maximum atomic E-state index is 13.3. The number of carbonyl (C=O) groups excluding carboxylic acids is 3. The fourth-order valence-corrected chi connectivity index (χ4v) is 5.12. The van der Waals surface area contributed by atoms with Crippen molar-refractivity contribution in [2.24, 2.45) is 21.8 Å². The monoisotopic (exact) mass is 635 g/mol. The van der Waals surface area contributed by atoms with Gasteiger partial charge in [-0.05, 0) is 65.7 Å². The summed E-state index contributed by atoms with van der Waals surface area (Å²) in [5, 5.41) is 9.83. The van der Waals surface area contributed by atoms with E-state index < -0.39 is 40.9 Å². The van der Waals surface area contributed by atoms with E-state index in [2.05, 4.69) is 20.8 Å². The zero-order chi connectivity index (χ0) is 32.3. The van der Waals surface area contributed by atoms with Crippen molar-refractivity contribution in [3.05, 3.63) is 28.3 Å². The number of nitrogens with two attached hydrogens (primary N) is 1. The number of hydrogen-bond donors (Lipinski definition) is 3. The molecule has 0 saturated heterocycles. The molecule has 2 atom stereocenters. The molecule has 14 heteroatoms. The molecular weight excluding hydrogens is 590 g/mol. The number of thioether (sulfide) groups is 1. The Morgan fingerprint density at radius 2 is 1.98 bits per heavy atom. The Morgan fingerprint density at radius 1 is 1.23 bits per heavy atom. The van der Waals surface area contributed by atoms with E-state index in [1.54, 1.807) is 33.8 Å².